The monoisotopic (exact) mass is 431 g/mol. The Labute approximate surface area is 184 Å². The molecular formula is C24H21N3O5. The van der Waals surface area contributed by atoms with Gasteiger partial charge in [-0.15, -0.1) is 0 Å². The van der Waals surface area contributed by atoms with Crippen LogP contribution in [0, 0.1) is 11.3 Å². The largest absolute Gasteiger partial charge is 0.462 e. The maximum atomic E-state index is 13.2. The lowest BCUT2D eigenvalue weighted by molar-refractivity contribution is -0.000855. The van der Waals surface area contributed by atoms with Crippen LogP contribution >= 0.6 is 0 Å². The molecule has 3 heterocycles. The number of nitriles is 1. The van der Waals surface area contributed by atoms with Gasteiger partial charge in [-0.1, -0.05) is 18.2 Å². The number of carbonyl (C=O) groups excluding carboxylic acids is 1. The van der Waals surface area contributed by atoms with Gasteiger partial charge in [-0.05, 0) is 45.0 Å². The molecule has 0 saturated heterocycles. The molecule has 8 heteroatoms. The molecule has 0 aliphatic carbocycles. The highest BCUT2D eigenvalue weighted by atomic mass is 16.7. The second-order valence-electron chi connectivity index (χ2n) is 8.47. The molecule has 3 aromatic rings. The molecule has 2 aliphatic rings. The molecule has 0 saturated carbocycles. The quantitative estimate of drug-likeness (QED) is 0.610. The molecule has 0 bridgehead atoms. The molecule has 2 aliphatic heterocycles. The zero-order chi connectivity index (χ0) is 22.5. The van der Waals surface area contributed by atoms with Gasteiger partial charge in [0.1, 0.15) is 11.7 Å². The minimum Gasteiger partial charge on any atom is -0.462 e. The van der Waals surface area contributed by atoms with Crippen molar-refractivity contribution in [2.45, 2.75) is 32.6 Å². The van der Waals surface area contributed by atoms with Crippen molar-refractivity contribution < 1.29 is 23.7 Å². The summed E-state index contributed by atoms with van der Waals surface area (Å²) in [5.74, 6) is 1.47. The number of H-pyrrole nitrogens is 1. The molecule has 8 nitrogen and oxygen atoms in total. The minimum absolute atomic E-state index is 0.0756. The molecule has 5 rings (SSSR count). The van der Waals surface area contributed by atoms with E-state index in [0.717, 1.165) is 10.9 Å². The first-order chi connectivity index (χ1) is 15.4. The molecule has 1 aromatic heterocycles. The third-order valence-corrected chi connectivity index (χ3v) is 5.13. The van der Waals surface area contributed by atoms with Gasteiger partial charge in [0.2, 0.25) is 13.0 Å². The Morgan fingerprint density at radius 1 is 1.19 bits per heavy atom. The van der Waals surface area contributed by atoms with Crippen LogP contribution in [0.15, 0.2) is 54.4 Å². The number of aromatic amines is 1. The molecule has 1 unspecified atom stereocenters. The number of fused-ring (bicyclic) bond motifs is 2. The van der Waals surface area contributed by atoms with E-state index in [1.165, 1.54) is 4.90 Å². The maximum Gasteiger partial charge on any atom is 0.418 e. The van der Waals surface area contributed by atoms with Gasteiger partial charge in [-0.2, -0.15) is 5.26 Å². The number of ether oxygens (including phenoxy) is 4. The second kappa shape index (κ2) is 7.24. The molecule has 0 spiro atoms. The molecular weight excluding hydrogens is 410 g/mol. The summed E-state index contributed by atoms with van der Waals surface area (Å²) in [6.07, 6.45) is 0.191. The summed E-state index contributed by atoms with van der Waals surface area (Å²) >= 11 is 0. The Morgan fingerprint density at radius 2 is 1.97 bits per heavy atom. The highest BCUT2D eigenvalue weighted by Crippen LogP contribution is 2.45. The number of benzene rings is 2. The number of nitrogens with zero attached hydrogens (tertiary/aromatic N) is 2. The molecule has 32 heavy (non-hydrogen) atoms. The van der Waals surface area contributed by atoms with Crippen LogP contribution in [0.2, 0.25) is 0 Å². The third-order valence-electron chi connectivity index (χ3n) is 5.13. The summed E-state index contributed by atoms with van der Waals surface area (Å²) in [5, 5.41) is 10.9. The van der Waals surface area contributed by atoms with Crippen LogP contribution in [-0.2, 0) is 9.47 Å². The lowest BCUT2D eigenvalue weighted by atomic mass is 10.1. The van der Waals surface area contributed by atoms with Crippen LogP contribution < -0.4 is 9.47 Å². The zero-order valence-electron chi connectivity index (χ0n) is 17.8. The summed E-state index contributed by atoms with van der Waals surface area (Å²) in [5.41, 5.74) is 1.54. The molecule has 1 atom stereocenters. The topological polar surface area (TPSA) is 96.8 Å². The third kappa shape index (κ3) is 3.28. The predicted molar refractivity (Wildman–Crippen MR) is 115 cm³/mol. The first-order valence-electron chi connectivity index (χ1n) is 10.1. The van der Waals surface area contributed by atoms with E-state index in [-0.39, 0.29) is 12.5 Å². The summed E-state index contributed by atoms with van der Waals surface area (Å²) in [6.45, 7) is 5.44. The van der Waals surface area contributed by atoms with Crippen molar-refractivity contribution in [1.82, 2.24) is 9.88 Å². The van der Waals surface area contributed by atoms with Gasteiger partial charge >= 0.3 is 6.09 Å². The van der Waals surface area contributed by atoms with Crippen LogP contribution in [-0.4, -0.2) is 28.4 Å². The van der Waals surface area contributed by atoms with Crippen molar-refractivity contribution in [2.24, 2.45) is 0 Å². The fraction of sp³-hybridized carbons (Fsp3) is 0.250. The summed E-state index contributed by atoms with van der Waals surface area (Å²) in [7, 11) is 0. The Morgan fingerprint density at radius 3 is 2.75 bits per heavy atom. The molecule has 162 valence electrons. The van der Waals surface area contributed by atoms with E-state index < -0.39 is 17.9 Å². The number of para-hydroxylation sites is 1. The van der Waals surface area contributed by atoms with E-state index in [2.05, 4.69) is 11.1 Å². The van der Waals surface area contributed by atoms with Crippen LogP contribution in [0.4, 0.5) is 4.79 Å². The maximum absolute atomic E-state index is 13.2. The number of nitrogens with one attached hydrogen (secondary N) is 1. The molecule has 0 radical (unpaired) electrons. The SMILES string of the molecule is CC(C)(C)OC(=O)N1C(C#N)=C(c2c[nH]c3ccccc23)OC1c1ccc2c(c1)OCO2. The predicted octanol–water partition coefficient (Wildman–Crippen LogP) is 5.05. The van der Waals surface area contributed by atoms with Gasteiger partial charge in [0.05, 0.1) is 0 Å². The van der Waals surface area contributed by atoms with Gasteiger partial charge in [0.15, 0.2) is 23.0 Å². The van der Waals surface area contributed by atoms with Crippen molar-refractivity contribution in [3.8, 4) is 17.6 Å². The van der Waals surface area contributed by atoms with E-state index in [9.17, 15) is 10.1 Å². The summed E-state index contributed by atoms with van der Waals surface area (Å²) < 4.78 is 22.8. The number of hydrogen-bond donors (Lipinski definition) is 1. The number of allylic oxidation sites excluding steroid dienone is 1. The zero-order valence-corrected chi connectivity index (χ0v) is 17.8. The standard InChI is InChI=1S/C24H21N3O5/c1-24(2,3)32-23(28)27-18(11-25)21(16-12-26-17-7-5-4-6-15(16)17)31-22(27)14-8-9-19-20(10-14)30-13-29-19/h4-10,12,22,26H,13H2,1-3H3. The van der Waals surface area contributed by atoms with Crippen LogP contribution in [0.5, 0.6) is 11.5 Å². The Kier molecular flexibility index (Phi) is 4.48. The number of aromatic nitrogens is 1. The molecule has 0 fully saturated rings. The highest BCUT2D eigenvalue weighted by molar-refractivity contribution is 5.93. The lowest BCUT2D eigenvalue weighted by Gasteiger charge is -2.27. The number of rotatable bonds is 2. The highest BCUT2D eigenvalue weighted by Gasteiger charge is 2.43. The lowest BCUT2D eigenvalue weighted by Crippen LogP contribution is -2.36. The fourth-order valence-corrected chi connectivity index (χ4v) is 3.78. The van der Waals surface area contributed by atoms with Crippen LogP contribution in [0.1, 0.15) is 38.1 Å². The number of carbonyl (C=O) groups is 1. The van der Waals surface area contributed by atoms with Crippen molar-refractivity contribution in [2.75, 3.05) is 6.79 Å². The van der Waals surface area contributed by atoms with Gasteiger partial charge in [-0.25, -0.2) is 9.69 Å². The van der Waals surface area contributed by atoms with Crippen molar-refractivity contribution in [1.29, 1.82) is 5.26 Å². The summed E-state index contributed by atoms with van der Waals surface area (Å²) in [6, 6.07) is 15.1. The Hall–Kier alpha value is -4.12. The van der Waals surface area contributed by atoms with Gasteiger partial charge in [-0.3, -0.25) is 0 Å². The van der Waals surface area contributed by atoms with E-state index in [1.54, 1.807) is 45.2 Å². The first kappa shape index (κ1) is 19.8. The van der Waals surface area contributed by atoms with E-state index >= 15 is 0 Å². The van der Waals surface area contributed by atoms with Crippen molar-refractivity contribution in [3.63, 3.8) is 0 Å². The molecule has 2 aromatic carbocycles. The average molecular weight is 431 g/mol. The van der Waals surface area contributed by atoms with Crippen molar-refractivity contribution in [3.05, 3.63) is 65.5 Å². The smallest absolute Gasteiger partial charge is 0.418 e. The fourth-order valence-electron chi connectivity index (χ4n) is 3.78. The van der Waals surface area contributed by atoms with Crippen LogP contribution in [0.3, 0.4) is 0 Å². The van der Waals surface area contributed by atoms with Gasteiger partial charge in [0.25, 0.3) is 0 Å². The minimum atomic E-state index is -0.905. The van der Waals surface area contributed by atoms with Gasteiger partial charge < -0.3 is 23.9 Å². The van der Waals surface area contributed by atoms with Crippen molar-refractivity contribution >= 4 is 22.8 Å². The molecule has 1 amide bonds. The van der Waals surface area contributed by atoms with E-state index in [4.69, 9.17) is 18.9 Å². The average Bonchev–Trinajstić information content (AvgIpc) is 3.47. The summed E-state index contributed by atoms with van der Waals surface area (Å²) in [4.78, 5) is 17.6. The molecule has 1 N–H and O–H groups in total. The first-order valence-corrected chi connectivity index (χ1v) is 10.1. The van der Waals surface area contributed by atoms with E-state index in [1.807, 2.05) is 24.3 Å². The number of hydrogen-bond acceptors (Lipinski definition) is 6. The van der Waals surface area contributed by atoms with E-state index in [0.29, 0.717) is 28.4 Å². The Bertz CT molecular complexity index is 1290. The second-order valence-corrected chi connectivity index (χ2v) is 8.47. The van der Waals surface area contributed by atoms with Crippen LogP contribution in [0.25, 0.3) is 16.7 Å². The Balaban J connectivity index is 1.63. The van der Waals surface area contributed by atoms with Gasteiger partial charge in [0, 0.05) is 28.2 Å². The number of amides is 1. The normalized spacial score (nSPS) is 17.4.